The van der Waals surface area contributed by atoms with Crippen molar-refractivity contribution in [3.8, 4) is 0 Å². The first-order valence-electron chi connectivity index (χ1n) is 6.18. The smallest absolute Gasteiger partial charge is 0.134 e. The first-order valence-corrected chi connectivity index (χ1v) is 6.18. The fourth-order valence-corrected chi connectivity index (χ4v) is 2.37. The molecule has 1 atom stereocenters. The van der Waals surface area contributed by atoms with E-state index in [2.05, 4.69) is 20.9 Å². The molecule has 5 heteroatoms. The predicted molar refractivity (Wildman–Crippen MR) is 70.4 cm³/mol. The lowest BCUT2D eigenvalue weighted by atomic mass is 10.1. The molecule has 1 unspecified atom stereocenters. The lowest BCUT2D eigenvalue weighted by Crippen LogP contribution is -2.32. The van der Waals surface area contributed by atoms with Crippen molar-refractivity contribution in [2.75, 3.05) is 37.0 Å². The van der Waals surface area contributed by atoms with Crippen LogP contribution in [0.15, 0.2) is 12.4 Å². The van der Waals surface area contributed by atoms with Crippen molar-refractivity contribution in [1.29, 1.82) is 0 Å². The van der Waals surface area contributed by atoms with Crippen LogP contribution in [0, 0.1) is 0 Å². The Morgan fingerprint density at radius 3 is 3.00 bits per heavy atom. The summed E-state index contributed by atoms with van der Waals surface area (Å²) in [6.07, 6.45) is 5.13. The minimum Gasteiger partial charge on any atom is -0.363 e. The Labute approximate surface area is 103 Å². The van der Waals surface area contributed by atoms with Gasteiger partial charge in [-0.1, -0.05) is 0 Å². The van der Waals surface area contributed by atoms with E-state index in [1.807, 2.05) is 19.0 Å². The van der Waals surface area contributed by atoms with Gasteiger partial charge in [0, 0.05) is 32.7 Å². The third kappa shape index (κ3) is 2.66. The van der Waals surface area contributed by atoms with E-state index in [1.165, 1.54) is 12.8 Å². The van der Waals surface area contributed by atoms with Crippen LogP contribution < -0.4 is 15.5 Å². The van der Waals surface area contributed by atoms with E-state index in [9.17, 15) is 0 Å². The zero-order chi connectivity index (χ0) is 12.3. The first-order chi connectivity index (χ1) is 8.22. The van der Waals surface area contributed by atoms with Crippen LogP contribution in [0.3, 0.4) is 0 Å². The second kappa shape index (κ2) is 5.31. The largest absolute Gasteiger partial charge is 0.363 e. The number of anilines is 2. The standard InChI is InChI=1S/C12H21N5/c1-16(2)11-8-12(15-9-14-11)17-7-3-4-10(17)5-6-13/h8-10H,3-7,13H2,1-2H3. The average molecular weight is 235 g/mol. The van der Waals surface area contributed by atoms with Crippen molar-refractivity contribution < 1.29 is 0 Å². The first kappa shape index (κ1) is 12.1. The maximum absolute atomic E-state index is 5.66. The lowest BCUT2D eigenvalue weighted by Gasteiger charge is -2.26. The van der Waals surface area contributed by atoms with Gasteiger partial charge in [0.1, 0.15) is 18.0 Å². The maximum atomic E-state index is 5.66. The van der Waals surface area contributed by atoms with Crippen molar-refractivity contribution in [2.45, 2.75) is 25.3 Å². The van der Waals surface area contributed by atoms with Gasteiger partial charge in [0.05, 0.1) is 0 Å². The van der Waals surface area contributed by atoms with Crippen LogP contribution in [0.4, 0.5) is 11.6 Å². The highest BCUT2D eigenvalue weighted by Crippen LogP contribution is 2.26. The highest BCUT2D eigenvalue weighted by atomic mass is 15.2. The number of nitrogens with two attached hydrogens (primary N) is 1. The van der Waals surface area contributed by atoms with E-state index in [0.29, 0.717) is 6.04 Å². The number of aromatic nitrogens is 2. The van der Waals surface area contributed by atoms with Gasteiger partial charge in [-0.3, -0.25) is 0 Å². The molecule has 1 saturated heterocycles. The normalized spacial score (nSPS) is 19.7. The summed E-state index contributed by atoms with van der Waals surface area (Å²) in [6, 6.07) is 2.60. The number of rotatable bonds is 4. The molecule has 1 fully saturated rings. The quantitative estimate of drug-likeness (QED) is 0.839. The summed E-state index contributed by atoms with van der Waals surface area (Å²) < 4.78 is 0. The molecule has 0 saturated carbocycles. The van der Waals surface area contributed by atoms with Gasteiger partial charge in [0.15, 0.2) is 0 Å². The SMILES string of the molecule is CN(C)c1cc(N2CCCC2CCN)ncn1. The van der Waals surface area contributed by atoms with Gasteiger partial charge in [-0.2, -0.15) is 0 Å². The molecule has 1 aromatic heterocycles. The summed E-state index contributed by atoms with van der Waals surface area (Å²) >= 11 is 0. The van der Waals surface area contributed by atoms with Crippen LogP contribution in [-0.4, -0.2) is 43.2 Å². The summed E-state index contributed by atoms with van der Waals surface area (Å²) in [7, 11) is 3.99. The molecule has 17 heavy (non-hydrogen) atoms. The molecule has 2 heterocycles. The van der Waals surface area contributed by atoms with Crippen LogP contribution in [0.5, 0.6) is 0 Å². The van der Waals surface area contributed by atoms with Crippen LogP contribution >= 0.6 is 0 Å². The minimum absolute atomic E-state index is 0.546. The van der Waals surface area contributed by atoms with Crippen LogP contribution in [0.25, 0.3) is 0 Å². The molecule has 0 amide bonds. The number of nitrogens with zero attached hydrogens (tertiary/aromatic N) is 4. The van der Waals surface area contributed by atoms with Crippen molar-refractivity contribution in [3.63, 3.8) is 0 Å². The van der Waals surface area contributed by atoms with E-state index in [0.717, 1.165) is 31.1 Å². The fraction of sp³-hybridized carbons (Fsp3) is 0.667. The lowest BCUT2D eigenvalue weighted by molar-refractivity contribution is 0.614. The molecule has 2 rings (SSSR count). The van der Waals surface area contributed by atoms with Gasteiger partial charge in [-0.25, -0.2) is 9.97 Å². The Hall–Kier alpha value is -1.36. The molecule has 5 nitrogen and oxygen atoms in total. The van der Waals surface area contributed by atoms with Crippen LogP contribution in [0.2, 0.25) is 0 Å². The van der Waals surface area contributed by atoms with Gasteiger partial charge in [-0.05, 0) is 25.8 Å². The zero-order valence-electron chi connectivity index (χ0n) is 10.6. The highest BCUT2D eigenvalue weighted by molar-refractivity contribution is 5.50. The maximum Gasteiger partial charge on any atom is 0.134 e. The van der Waals surface area contributed by atoms with E-state index in [4.69, 9.17) is 5.73 Å². The molecule has 0 radical (unpaired) electrons. The van der Waals surface area contributed by atoms with Crippen molar-refractivity contribution in [1.82, 2.24) is 9.97 Å². The van der Waals surface area contributed by atoms with Gasteiger partial charge >= 0.3 is 0 Å². The summed E-state index contributed by atoms with van der Waals surface area (Å²) in [6.45, 7) is 1.82. The van der Waals surface area contributed by atoms with Gasteiger partial charge in [-0.15, -0.1) is 0 Å². The second-order valence-electron chi connectivity index (χ2n) is 4.70. The second-order valence-corrected chi connectivity index (χ2v) is 4.70. The molecule has 0 bridgehead atoms. The number of hydrogen-bond acceptors (Lipinski definition) is 5. The van der Waals surface area contributed by atoms with Crippen LogP contribution in [-0.2, 0) is 0 Å². The van der Waals surface area contributed by atoms with Crippen LogP contribution in [0.1, 0.15) is 19.3 Å². The summed E-state index contributed by atoms with van der Waals surface area (Å²) in [5.41, 5.74) is 5.66. The molecule has 0 spiro atoms. The molecule has 1 aromatic rings. The zero-order valence-corrected chi connectivity index (χ0v) is 10.6. The molecule has 1 aliphatic heterocycles. The van der Waals surface area contributed by atoms with Gasteiger partial charge in [0.2, 0.25) is 0 Å². The highest BCUT2D eigenvalue weighted by Gasteiger charge is 2.25. The molecule has 0 aromatic carbocycles. The van der Waals surface area contributed by atoms with Gasteiger partial charge in [0.25, 0.3) is 0 Å². The van der Waals surface area contributed by atoms with Crippen molar-refractivity contribution in [3.05, 3.63) is 12.4 Å². The molecule has 1 aliphatic rings. The topological polar surface area (TPSA) is 58.3 Å². The predicted octanol–water partition coefficient (Wildman–Crippen LogP) is 0.860. The Bertz CT molecular complexity index is 366. The molecular formula is C12H21N5. The van der Waals surface area contributed by atoms with E-state index in [-0.39, 0.29) is 0 Å². The molecule has 0 aliphatic carbocycles. The summed E-state index contributed by atoms with van der Waals surface area (Å²) in [4.78, 5) is 13.0. The van der Waals surface area contributed by atoms with Crippen molar-refractivity contribution >= 4 is 11.6 Å². The van der Waals surface area contributed by atoms with Gasteiger partial charge < -0.3 is 15.5 Å². The summed E-state index contributed by atoms with van der Waals surface area (Å²) in [5, 5.41) is 0. The molecular weight excluding hydrogens is 214 g/mol. The Morgan fingerprint density at radius 1 is 1.47 bits per heavy atom. The van der Waals surface area contributed by atoms with E-state index in [1.54, 1.807) is 6.33 Å². The minimum atomic E-state index is 0.546. The Morgan fingerprint density at radius 2 is 2.29 bits per heavy atom. The molecule has 2 N–H and O–H groups in total. The third-order valence-corrected chi connectivity index (χ3v) is 3.27. The number of hydrogen-bond donors (Lipinski definition) is 1. The van der Waals surface area contributed by atoms with E-state index >= 15 is 0 Å². The van der Waals surface area contributed by atoms with Crippen molar-refractivity contribution in [2.24, 2.45) is 5.73 Å². The fourth-order valence-electron chi connectivity index (χ4n) is 2.37. The average Bonchev–Trinajstić information content (AvgIpc) is 2.78. The van der Waals surface area contributed by atoms with E-state index < -0.39 is 0 Å². The summed E-state index contributed by atoms with van der Waals surface area (Å²) in [5.74, 6) is 1.98. The molecule has 94 valence electrons. The Balaban J connectivity index is 2.18. The third-order valence-electron chi connectivity index (χ3n) is 3.27. The monoisotopic (exact) mass is 235 g/mol. The Kier molecular flexibility index (Phi) is 3.78.